The summed E-state index contributed by atoms with van der Waals surface area (Å²) in [7, 11) is -3.67. The van der Waals surface area contributed by atoms with Crippen molar-refractivity contribution in [2.75, 3.05) is 31.5 Å². The molecule has 7 nitrogen and oxygen atoms in total. The molecule has 0 aliphatic carbocycles. The van der Waals surface area contributed by atoms with Gasteiger partial charge in [-0.2, -0.15) is 4.31 Å². The van der Waals surface area contributed by atoms with E-state index in [0.717, 1.165) is 45.2 Å². The van der Waals surface area contributed by atoms with Gasteiger partial charge in [-0.15, -0.1) is 0 Å². The van der Waals surface area contributed by atoms with E-state index in [9.17, 15) is 18.0 Å². The molecule has 0 bridgehead atoms. The molecular formula is C26H33N3O4S. The second kappa shape index (κ2) is 10.3. The van der Waals surface area contributed by atoms with Crippen LogP contribution in [0.2, 0.25) is 0 Å². The number of rotatable bonds is 5. The third-order valence-electron chi connectivity index (χ3n) is 6.88. The van der Waals surface area contributed by atoms with Crippen molar-refractivity contribution in [1.29, 1.82) is 0 Å². The standard InChI is InChI=1S/C26H33N3O4S/c1-19-12-16-29(17-13-19)34(32,33)21-11-10-20(2)23(18-21)25(30)27-24-9-5-4-8-22(24)26(31)28-14-6-3-7-15-28/h4-5,8-11,18-19H,3,6-7,12-17H2,1-2H3,(H,27,30). The van der Waals surface area contributed by atoms with Gasteiger partial charge in [0.2, 0.25) is 10.0 Å². The Morgan fingerprint density at radius 2 is 1.59 bits per heavy atom. The average molecular weight is 484 g/mol. The van der Waals surface area contributed by atoms with E-state index in [1.807, 2.05) is 4.90 Å². The highest BCUT2D eigenvalue weighted by atomic mass is 32.2. The Bertz CT molecular complexity index is 1160. The van der Waals surface area contributed by atoms with E-state index in [4.69, 9.17) is 0 Å². The predicted octanol–water partition coefficient (Wildman–Crippen LogP) is 4.29. The highest BCUT2D eigenvalue weighted by Crippen LogP contribution is 2.26. The van der Waals surface area contributed by atoms with Crippen molar-refractivity contribution in [3.63, 3.8) is 0 Å². The summed E-state index contributed by atoms with van der Waals surface area (Å²) in [5, 5.41) is 2.86. The van der Waals surface area contributed by atoms with E-state index in [1.165, 1.54) is 10.4 Å². The minimum absolute atomic E-state index is 0.0945. The SMILES string of the molecule is Cc1ccc(S(=O)(=O)N2CCC(C)CC2)cc1C(=O)Nc1ccccc1C(=O)N1CCCCC1. The Morgan fingerprint density at radius 1 is 0.912 bits per heavy atom. The molecule has 2 heterocycles. The fraction of sp³-hybridized carbons (Fsp3) is 0.462. The molecule has 2 fully saturated rings. The van der Waals surface area contributed by atoms with E-state index < -0.39 is 15.9 Å². The average Bonchev–Trinajstić information content (AvgIpc) is 2.85. The van der Waals surface area contributed by atoms with Crippen molar-refractivity contribution in [2.24, 2.45) is 5.92 Å². The Morgan fingerprint density at radius 3 is 2.29 bits per heavy atom. The van der Waals surface area contributed by atoms with Gasteiger partial charge in [0.15, 0.2) is 0 Å². The Balaban J connectivity index is 1.57. The molecule has 2 saturated heterocycles. The van der Waals surface area contributed by atoms with Crippen LogP contribution < -0.4 is 5.32 Å². The van der Waals surface area contributed by atoms with Gasteiger partial charge in [-0.05, 0) is 74.8 Å². The summed E-state index contributed by atoms with van der Waals surface area (Å²) in [6.45, 7) is 6.32. The number of amides is 2. The van der Waals surface area contributed by atoms with Crippen LogP contribution in [0.5, 0.6) is 0 Å². The molecule has 2 amide bonds. The van der Waals surface area contributed by atoms with E-state index in [2.05, 4.69) is 12.2 Å². The molecule has 1 N–H and O–H groups in total. The topological polar surface area (TPSA) is 86.8 Å². The molecule has 0 spiro atoms. The van der Waals surface area contributed by atoms with Crippen LogP contribution in [-0.4, -0.2) is 55.6 Å². The summed E-state index contributed by atoms with van der Waals surface area (Å²) in [4.78, 5) is 28.3. The molecule has 8 heteroatoms. The number of sulfonamides is 1. The van der Waals surface area contributed by atoms with Crippen LogP contribution in [0.3, 0.4) is 0 Å². The molecule has 34 heavy (non-hydrogen) atoms. The first-order valence-corrected chi connectivity index (χ1v) is 13.5. The lowest BCUT2D eigenvalue weighted by atomic mass is 10.0. The first-order chi connectivity index (χ1) is 16.3. The van der Waals surface area contributed by atoms with Crippen molar-refractivity contribution >= 4 is 27.5 Å². The highest BCUT2D eigenvalue weighted by molar-refractivity contribution is 7.89. The number of carbonyl (C=O) groups excluding carboxylic acids is 2. The molecule has 0 atom stereocenters. The molecule has 2 aromatic rings. The van der Waals surface area contributed by atoms with Gasteiger partial charge < -0.3 is 10.2 Å². The first-order valence-electron chi connectivity index (χ1n) is 12.1. The van der Waals surface area contributed by atoms with Crippen molar-refractivity contribution in [2.45, 2.75) is 50.8 Å². The Hall–Kier alpha value is -2.71. The smallest absolute Gasteiger partial charge is 0.255 e. The zero-order chi connectivity index (χ0) is 24.3. The van der Waals surface area contributed by atoms with Crippen LogP contribution in [0.15, 0.2) is 47.4 Å². The maximum absolute atomic E-state index is 13.2. The van der Waals surface area contributed by atoms with Crippen LogP contribution >= 0.6 is 0 Å². The summed E-state index contributed by atoms with van der Waals surface area (Å²) in [5.41, 5.74) is 1.83. The lowest BCUT2D eigenvalue weighted by molar-refractivity contribution is 0.0725. The summed E-state index contributed by atoms with van der Waals surface area (Å²) in [5.74, 6) is -0.0118. The molecule has 0 radical (unpaired) electrons. The van der Waals surface area contributed by atoms with Crippen molar-refractivity contribution in [3.05, 3.63) is 59.2 Å². The molecular weight excluding hydrogens is 450 g/mol. The van der Waals surface area contributed by atoms with Gasteiger partial charge in [-0.1, -0.05) is 25.1 Å². The summed E-state index contributed by atoms with van der Waals surface area (Å²) in [6.07, 6.45) is 4.75. The maximum Gasteiger partial charge on any atom is 0.255 e. The minimum Gasteiger partial charge on any atom is -0.339 e. The second-order valence-corrected chi connectivity index (χ2v) is 11.4. The zero-order valence-electron chi connectivity index (χ0n) is 19.9. The predicted molar refractivity (Wildman–Crippen MR) is 132 cm³/mol. The van der Waals surface area contributed by atoms with Crippen molar-refractivity contribution < 1.29 is 18.0 Å². The number of para-hydroxylation sites is 1. The number of nitrogens with zero attached hydrogens (tertiary/aromatic N) is 2. The number of aryl methyl sites for hydroxylation is 1. The van der Waals surface area contributed by atoms with E-state index in [-0.39, 0.29) is 16.4 Å². The molecule has 4 rings (SSSR count). The Labute approximate surface area is 202 Å². The first kappa shape index (κ1) is 24.4. The molecule has 182 valence electrons. The number of hydrogen-bond donors (Lipinski definition) is 1. The van der Waals surface area contributed by atoms with Crippen LogP contribution in [0.25, 0.3) is 0 Å². The van der Waals surface area contributed by atoms with Crippen molar-refractivity contribution in [1.82, 2.24) is 9.21 Å². The zero-order valence-corrected chi connectivity index (χ0v) is 20.7. The Kier molecular flexibility index (Phi) is 7.38. The fourth-order valence-electron chi connectivity index (χ4n) is 4.62. The quantitative estimate of drug-likeness (QED) is 0.687. The molecule has 0 saturated carbocycles. The summed E-state index contributed by atoms with van der Waals surface area (Å²) in [6, 6.07) is 11.7. The van der Waals surface area contributed by atoms with E-state index in [1.54, 1.807) is 43.3 Å². The normalized spacial score (nSPS) is 18.0. The van der Waals surface area contributed by atoms with Crippen molar-refractivity contribution in [3.8, 4) is 0 Å². The molecule has 0 unspecified atom stereocenters. The third-order valence-corrected chi connectivity index (χ3v) is 8.78. The third kappa shape index (κ3) is 5.18. The minimum atomic E-state index is -3.67. The van der Waals surface area contributed by atoms with Gasteiger partial charge in [0.1, 0.15) is 0 Å². The van der Waals surface area contributed by atoms with Crippen LogP contribution in [-0.2, 0) is 10.0 Å². The van der Waals surface area contributed by atoms with E-state index in [0.29, 0.717) is 35.8 Å². The second-order valence-electron chi connectivity index (χ2n) is 9.42. The fourth-order valence-corrected chi connectivity index (χ4v) is 6.11. The van der Waals surface area contributed by atoms with Gasteiger partial charge >= 0.3 is 0 Å². The summed E-state index contributed by atoms with van der Waals surface area (Å²) < 4.78 is 27.9. The van der Waals surface area contributed by atoms with Crippen LogP contribution in [0.4, 0.5) is 5.69 Å². The largest absolute Gasteiger partial charge is 0.339 e. The lowest BCUT2D eigenvalue weighted by Gasteiger charge is -2.29. The van der Waals surface area contributed by atoms with Gasteiger partial charge in [0, 0.05) is 31.7 Å². The monoisotopic (exact) mass is 483 g/mol. The number of likely N-dealkylation sites (tertiary alicyclic amines) is 1. The number of benzene rings is 2. The van der Waals surface area contributed by atoms with Gasteiger partial charge in [0.25, 0.3) is 11.8 Å². The number of carbonyl (C=O) groups is 2. The number of nitrogens with one attached hydrogen (secondary N) is 1. The van der Waals surface area contributed by atoms with Gasteiger partial charge in [0.05, 0.1) is 16.1 Å². The van der Waals surface area contributed by atoms with Gasteiger partial charge in [-0.3, -0.25) is 9.59 Å². The highest BCUT2D eigenvalue weighted by Gasteiger charge is 2.29. The van der Waals surface area contributed by atoms with E-state index >= 15 is 0 Å². The number of anilines is 1. The molecule has 0 aromatic heterocycles. The molecule has 2 aliphatic rings. The van der Waals surface area contributed by atoms with Crippen LogP contribution in [0.1, 0.15) is 65.3 Å². The molecule has 2 aromatic carbocycles. The van der Waals surface area contributed by atoms with Crippen LogP contribution in [0, 0.1) is 12.8 Å². The number of hydrogen-bond acceptors (Lipinski definition) is 4. The summed E-state index contributed by atoms with van der Waals surface area (Å²) >= 11 is 0. The molecule has 2 aliphatic heterocycles. The number of piperidine rings is 2. The lowest BCUT2D eigenvalue weighted by Crippen LogP contribution is -2.38. The van der Waals surface area contributed by atoms with Gasteiger partial charge in [-0.25, -0.2) is 8.42 Å². The maximum atomic E-state index is 13.2.